The minimum atomic E-state index is -0.494. The monoisotopic (exact) mass is 460 g/mol. The lowest BCUT2D eigenvalue weighted by molar-refractivity contribution is -0.199. The lowest BCUT2D eigenvalue weighted by Gasteiger charge is -2.67. The normalized spacial score (nSPS) is 51.5. The average molecular weight is 461 g/mol. The largest absolute Gasteiger partial charge is 0.481 e. The first-order valence-electron chi connectivity index (χ1n) is 13.7. The second-order valence-electron chi connectivity index (χ2n) is 13.0. The van der Waals surface area contributed by atoms with Gasteiger partial charge in [0.15, 0.2) is 0 Å². The van der Waals surface area contributed by atoms with E-state index in [1.54, 1.807) is 6.92 Å². The van der Waals surface area contributed by atoms with Crippen LogP contribution in [0, 0.1) is 51.8 Å². The van der Waals surface area contributed by atoms with Gasteiger partial charge >= 0.3 is 5.97 Å². The predicted octanol–water partition coefficient (Wildman–Crippen LogP) is 6.06. The zero-order valence-corrected chi connectivity index (χ0v) is 21.4. The van der Waals surface area contributed by atoms with Gasteiger partial charge in [-0.2, -0.15) is 0 Å². The Hall–Kier alpha value is -0.870. The first kappa shape index (κ1) is 25.2. The summed E-state index contributed by atoms with van der Waals surface area (Å²) in [5.41, 5.74) is 0.353. The molecule has 0 aliphatic heterocycles. The Morgan fingerprint density at radius 3 is 2.18 bits per heavy atom. The van der Waals surface area contributed by atoms with Gasteiger partial charge in [0, 0.05) is 0 Å². The average Bonchev–Trinajstić information content (AvgIpc) is 3.23. The third-order valence-electron chi connectivity index (χ3n) is 11.8. The van der Waals surface area contributed by atoms with E-state index in [-0.39, 0.29) is 12.2 Å². The molecule has 0 radical (unpaired) electrons. The fraction of sp³-hybridized carbons (Fsp3) is 0.897. The van der Waals surface area contributed by atoms with Crippen LogP contribution >= 0.6 is 0 Å². The van der Waals surface area contributed by atoms with Gasteiger partial charge in [-0.3, -0.25) is 4.79 Å². The maximum Gasteiger partial charge on any atom is 0.309 e. The van der Waals surface area contributed by atoms with Crippen molar-refractivity contribution in [3.63, 3.8) is 0 Å². The van der Waals surface area contributed by atoms with Gasteiger partial charge in [-0.1, -0.05) is 33.3 Å². The molecule has 11 unspecified atom stereocenters. The van der Waals surface area contributed by atoms with Crippen LogP contribution in [0.1, 0.15) is 98.3 Å². The molecule has 5 rings (SSSR count). The van der Waals surface area contributed by atoms with Gasteiger partial charge in [0.1, 0.15) is 0 Å². The molecule has 3 N–H and O–H groups in total. The number of hydrogen-bond donors (Lipinski definition) is 3. The van der Waals surface area contributed by atoms with E-state index in [4.69, 9.17) is 5.11 Å². The number of carbonyl (C=O) groups is 1. The van der Waals surface area contributed by atoms with E-state index in [2.05, 4.69) is 27.4 Å². The van der Waals surface area contributed by atoms with Crippen molar-refractivity contribution in [2.24, 2.45) is 51.8 Å². The van der Waals surface area contributed by atoms with E-state index >= 15 is 0 Å². The molecule has 5 aliphatic rings. The Morgan fingerprint density at radius 2 is 1.55 bits per heavy atom. The van der Waals surface area contributed by atoms with E-state index in [9.17, 15) is 15.0 Å². The molecule has 0 amide bonds. The van der Waals surface area contributed by atoms with E-state index in [1.165, 1.54) is 38.2 Å². The number of hydrogen-bond acceptors (Lipinski definition) is 3. The second kappa shape index (κ2) is 8.97. The number of aliphatic hydroxyl groups is 2. The molecule has 0 bridgehead atoms. The van der Waals surface area contributed by atoms with E-state index < -0.39 is 11.4 Å². The lowest BCUT2D eigenvalue weighted by Crippen LogP contribution is -2.61. The number of aliphatic carboxylic acids is 1. The van der Waals surface area contributed by atoms with Gasteiger partial charge in [0.25, 0.3) is 0 Å². The third-order valence-corrected chi connectivity index (χ3v) is 11.8. The zero-order chi connectivity index (χ0) is 24.2. The maximum absolute atomic E-state index is 12.3. The second-order valence-corrected chi connectivity index (χ2v) is 13.0. The van der Waals surface area contributed by atoms with E-state index in [0.717, 1.165) is 50.4 Å². The molecule has 5 fully saturated rings. The number of rotatable bonds is 2. The Morgan fingerprint density at radius 1 is 0.939 bits per heavy atom. The SMILES string of the molecule is C=CC(C)O.CC1C(O)CCC2(C)C1CCC1(C)C3CCC4(C(=O)O)CCCC4C3CCC21. The highest BCUT2D eigenvalue weighted by Crippen LogP contribution is 2.71. The summed E-state index contributed by atoms with van der Waals surface area (Å²) in [6.07, 6.45) is 13.5. The van der Waals surface area contributed by atoms with Crippen LogP contribution in [0.25, 0.3) is 0 Å². The Kier molecular flexibility index (Phi) is 6.86. The lowest BCUT2D eigenvalue weighted by atomic mass is 9.37. The topological polar surface area (TPSA) is 77.8 Å². The summed E-state index contributed by atoms with van der Waals surface area (Å²) in [6, 6.07) is 0. The highest BCUT2D eigenvalue weighted by molar-refractivity contribution is 5.75. The van der Waals surface area contributed by atoms with Crippen molar-refractivity contribution in [1.82, 2.24) is 0 Å². The van der Waals surface area contributed by atoms with Crippen LogP contribution in [0.15, 0.2) is 12.7 Å². The molecule has 0 spiro atoms. The number of aliphatic hydroxyl groups excluding tert-OH is 2. The Labute approximate surface area is 201 Å². The van der Waals surface area contributed by atoms with E-state index in [1.807, 2.05) is 0 Å². The molecule has 4 nitrogen and oxygen atoms in total. The van der Waals surface area contributed by atoms with Crippen LogP contribution in [0.4, 0.5) is 0 Å². The Bertz CT molecular complexity index is 748. The number of carboxylic acid groups (broad SMARTS) is 1. The molecule has 188 valence electrons. The van der Waals surface area contributed by atoms with Gasteiger partial charge in [-0.25, -0.2) is 0 Å². The van der Waals surface area contributed by atoms with Gasteiger partial charge in [0.2, 0.25) is 0 Å². The first-order chi connectivity index (χ1) is 15.5. The first-order valence-corrected chi connectivity index (χ1v) is 13.7. The Balaban J connectivity index is 0.000000471. The minimum absolute atomic E-state index is 0.108. The molecular weight excluding hydrogens is 412 g/mol. The van der Waals surface area contributed by atoms with Crippen molar-refractivity contribution in [2.45, 2.75) is 111 Å². The van der Waals surface area contributed by atoms with Crippen LogP contribution < -0.4 is 0 Å². The molecule has 0 saturated heterocycles. The van der Waals surface area contributed by atoms with Crippen molar-refractivity contribution in [1.29, 1.82) is 0 Å². The summed E-state index contributed by atoms with van der Waals surface area (Å²) in [5, 5.41) is 28.9. The summed E-state index contributed by atoms with van der Waals surface area (Å²) >= 11 is 0. The summed E-state index contributed by atoms with van der Waals surface area (Å²) in [6.45, 7) is 12.4. The van der Waals surface area contributed by atoms with Gasteiger partial charge < -0.3 is 15.3 Å². The predicted molar refractivity (Wildman–Crippen MR) is 132 cm³/mol. The quantitative estimate of drug-likeness (QED) is 0.438. The zero-order valence-electron chi connectivity index (χ0n) is 21.4. The number of carboxylic acids is 1. The van der Waals surface area contributed by atoms with Crippen molar-refractivity contribution in [3.8, 4) is 0 Å². The molecule has 11 atom stereocenters. The van der Waals surface area contributed by atoms with Gasteiger partial charge in [-0.05, 0) is 117 Å². The third kappa shape index (κ3) is 3.82. The van der Waals surface area contributed by atoms with Crippen molar-refractivity contribution >= 4 is 5.97 Å². The molecule has 0 aromatic heterocycles. The molecule has 5 saturated carbocycles. The molecule has 0 heterocycles. The molecule has 5 aliphatic carbocycles. The highest BCUT2D eigenvalue weighted by atomic mass is 16.4. The molecule has 0 aromatic rings. The van der Waals surface area contributed by atoms with Crippen LogP contribution in [-0.2, 0) is 4.79 Å². The molecule has 33 heavy (non-hydrogen) atoms. The fourth-order valence-electron chi connectivity index (χ4n) is 10.2. The van der Waals surface area contributed by atoms with Crippen LogP contribution in [0.3, 0.4) is 0 Å². The van der Waals surface area contributed by atoms with Crippen LogP contribution in [0.5, 0.6) is 0 Å². The van der Waals surface area contributed by atoms with Crippen molar-refractivity contribution in [3.05, 3.63) is 12.7 Å². The van der Waals surface area contributed by atoms with Gasteiger partial charge in [-0.15, -0.1) is 6.58 Å². The van der Waals surface area contributed by atoms with Crippen LogP contribution in [-0.4, -0.2) is 33.5 Å². The van der Waals surface area contributed by atoms with Crippen LogP contribution in [0.2, 0.25) is 0 Å². The molecule has 0 aromatic carbocycles. The summed E-state index contributed by atoms with van der Waals surface area (Å²) < 4.78 is 0. The van der Waals surface area contributed by atoms with Gasteiger partial charge in [0.05, 0.1) is 17.6 Å². The summed E-state index contributed by atoms with van der Waals surface area (Å²) in [4.78, 5) is 12.3. The smallest absolute Gasteiger partial charge is 0.309 e. The highest BCUT2D eigenvalue weighted by Gasteiger charge is 2.65. The van der Waals surface area contributed by atoms with Crippen molar-refractivity contribution < 1.29 is 20.1 Å². The maximum atomic E-state index is 12.3. The number of fused-ring (bicyclic) bond motifs is 7. The fourth-order valence-corrected chi connectivity index (χ4v) is 10.2. The summed E-state index contributed by atoms with van der Waals surface area (Å²) in [7, 11) is 0. The standard InChI is InChI=1S/C25H40O3.C4H8O/c1-15-17-8-12-24(3)18-9-14-25(22(27)28)11-4-5-19(25)16(18)6-7-21(24)23(17,2)13-10-20(15)26;1-3-4(2)5/h15-21,26H,4-14H2,1-3H3,(H,27,28);3-5H,1H2,2H3. The molecule has 4 heteroatoms. The molecular formula is C29H48O4. The summed E-state index contributed by atoms with van der Waals surface area (Å²) in [5.74, 6) is 3.15. The van der Waals surface area contributed by atoms with E-state index in [0.29, 0.717) is 34.5 Å². The van der Waals surface area contributed by atoms with Crippen molar-refractivity contribution in [2.75, 3.05) is 0 Å². The minimum Gasteiger partial charge on any atom is -0.481 e.